The molecular formula is C25H26ClFN6O. The quantitative estimate of drug-likeness (QED) is 0.605. The molecule has 3 aromatic rings. The summed E-state index contributed by atoms with van der Waals surface area (Å²) in [5.41, 5.74) is 8.97. The number of hydrogen-bond donors (Lipinski definition) is 1. The van der Waals surface area contributed by atoms with Crippen molar-refractivity contribution < 1.29 is 9.18 Å². The van der Waals surface area contributed by atoms with Crippen LogP contribution in [0.15, 0.2) is 36.8 Å². The smallest absolute Gasteiger partial charge is 0.258 e. The van der Waals surface area contributed by atoms with Gasteiger partial charge in [0, 0.05) is 48.6 Å². The van der Waals surface area contributed by atoms with Crippen molar-refractivity contribution in [3.05, 3.63) is 58.9 Å². The number of nitrogens with zero attached hydrogens (tertiary/aromatic N) is 5. The van der Waals surface area contributed by atoms with Crippen molar-refractivity contribution in [3.8, 4) is 22.4 Å². The summed E-state index contributed by atoms with van der Waals surface area (Å²) in [6.07, 6.45) is 5.95. The molecule has 0 unspecified atom stereocenters. The van der Waals surface area contributed by atoms with Crippen LogP contribution in [-0.2, 0) is 6.42 Å². The van der Waals surface area contributed by atoms with E-state index in [2.05, 4.69) is 19.9 Å². The van der Waals surface area contributed by atoms with Gasteiger partial charge in [-0.15, -0.1) is 0 Å². The number of benzene rings is 1. The monoisotopic (exact) mass is 480 g/mol. The third-order valence-electron chi connectivity index (χ3n) is 6.74. The van der Waals surface area contributed by atoms with Crippen LogP contribution in [0.2, 0.25) is 5.02 Å². The summed E-state index contributed by atoms with van der Waals surface area (Å²) in [4.78, 5) is 30.4. The molecule has 0 bridgehead atoms. The topological polar surface area (TPSA) is 88.2 Å². The van der Waals surface area contributed by atoms with Crippen molar-refractivity contribution in [2.45, 2.75) is 32.2 Å². The highest BCUT2D eigenvalue weighted by Crippen LogP contribution is 2.36. The summed E-state index contributed by atoms with van der Waals surface area (Å²) in [5.74, 6) is -0.615. The lowest BCUT2D eigenvalue weighted by Crippen LogP contribution is -2.52. The number of rotatable bonds is 4. The Kier molecular flexibility index (Phi) is 6.18. The maximum atomic E-state index is 15.4. The van der Waals surface area contributed by atoms with Crippen molar-refractivity contribution in [1.82, 2.24) is 24.8 Å². The molecule has 2 aliphatic rings. The van der Waals surface area contributed by atoms with Crippen LogP contribution >= 0.6 is 11.6 Å². The number of nitrogen functional groups attached to an aromatic ring is 1. The predicted octanol–water partition coefficient (Wildman–Crippen LogP) is 4.06. The Bertz CT molecular complexity index is 1210. The number of hydrogen-bond acceptors (Lipinski definition) is 6. The van der Waals surface area contributed by atoms with Gasteiger partial charge in [-0.2, -0.15) is 0 Å². The Hall–Kier alpha value is -3.10. The average Bonchev–Trinajstić information content (AvgIpc) is 3.31. The molecular weight excluding hydrogens is 455 g/mol. The summed E-state index contributed by atoms with van der Waals surface area (Å²) in [6.45, 7) is 5.05. The lowest BCUT2D eigenvalue weighted by Gasteiger charge is -2.37. The van der Waals surface area contributed by atoms with Gasteiger partial charge in [-0.1, -0.05) is 18.5 Å². The van der Waals surface area contributed by atoms with Gasteiger partial charge in [0.2, 0.25) is 0 Å². The minimum atomic E-state index is -0.653. The summed E-state index contributed by atoms with van der Waals surface area (Å²) in [5, 5.41) is 0.0758. The second-order valence-electron chi connectivity index (χ2n) is 8.77. The van der Waals surface area contributed by atoms with Crippen LogP contribution in [0.1, 0.15) is 35.8 Å². The maximum Gasteiger partial charge on any atom is 0.258 e. The van der Waals surface area contributed by atoms with Crippen LogP contribution in [0.3, 0.4) is 0 Å². The van der Waals surface area contributed by atoms with E-state index in [9.17, 15) is 4.79 Å². The fraction of sp³-hybridized carbons (Fsp3) is 0.360. The van der Waals surface area contributed by atoms with Gasteiger partial charge in [0.1, 0.15) is 18.0 Å². The van der Waals surface area contributed by atoms with Crippen LogP contribution in [-0.4, -0.2) is 62.9 Å². The van der Waals surface area contributed by atoms with Crippen LogP contribution < -0.4 is 5.73 Å². The van der Waals surface area contributed by atoms with Crippen molar-refractivity contribution in [2.24, 2.45) is 0 Å². The number of piperazine rings is 1. The van der Waals surface area contributed by atoms with E-state index in [1.165, 1.54) is 12.4 Å². The number of aryl methyl sites for hydroxylation is 1. The molecule has 2 aliphatic heterocycles. The number of aromatic nitrogens is 3. The largest absolute Gasteiger partial charge is 0.384 e. The molecule has 1 atom stereocenters. The molecule has 2 N–H and O–H groups in total. The number of amides is 1. The van der Waals surface area contributed by atoms with Gasteiger partial charge in [-0.05, 0) is 50.1 Å². The highest BCUT2D eigenvalue weighted by Gasteiger charge is 2.34. The molecule has 1 amide bonds. The van der Waals surface area contributed by atoms with Crippen molar-refractivity contribution in [3.63, 3.8) is 0 Å². The van der Waals surface area contributed by atoms with E-state index in [0.717, 1.165) is 42.8 Å². The van der Waals surface area contributed by atoms with Crippen LogP contribution in [0.5, 0.6) is 0 Å². The highest BCUT2D eigenvalue weighted by atomic mass is 35.5. The molecule has 0 spiro atoms. The predicted molar refractivity (Wildman–Crippen MR) is 130 cm³/mol. The van der Waals surface area contributed by atoms with E-state index in [1.54, 1.807) is 23.2 Å². The van der Waals surface area contributed by atoms with E-state index in [1.807, 2.05) is 13.0 Å². The molecule has 9 heteroatoms. The fourth-order valence-electron chi connectivity index (χ4n) is 5.01. The molecule has 7 nitrogen and oxygen atoms in total. The molecule has 2 aromatic heterocycles. The number of carbonyl (C=O) groups excluding carboxylic acids is 1. The van der Waals surface area contributed by atoms with Crippen LogP contribution in [0.4, 0.5) is 10.2 Å². The summed E-state index contributed by atoms with van der Waals surface area (Å²) < 4.78 is 15.4. The zero-order valence-corrected chi connectivity index (χ0v) is 19.7. The Morgan fingerprint density at radius 2 is 2.03 bits per heavy atom. The standard InChI is InChI=1S/C25H26ClFN6O/c1-2-20-22(15-5-6-21(28)29-12-15)24(31-14-30-20)16-10-18(26)23(19(27)11-16)25(34)33-9-8-32-7-3-4-17(32)13-33/h5-6,10-12,14,17H,2-4,7-9,13H2,1H3,(H2,28,29)/t17-/m0/s1. The zero-order valence-electron chi connectivity index (χ0n) is 19.0. The number of nitrogens with two attached hydrogens (primary N) is 1. The first-order chi connectivity index (χ1) is 16.5. The Morgan fingerprint density at radius 1 is 1.18 bits per heavy atom. The van der Waals surface area contributed by atoms with E-state index in [0.29, 0.717) is 42.6 Å². The zero-order chi connectivity index (χ0) is 23.8. The molecule has 2 fully saturated rings. The van der Waals surface area contributed by atoms with E-state index in [-0.39, 0.29) is 16.5 Å². The third-order valence-corrected chi connectivity index (χ3v) is 7.04. The first-order valence-electron chi connectivity index (χ1n) is 11.5. The summed E-state index contributed by atoms with van der Waals surface area (Å²) >= 11 is 6.53. The lowest BCUT2D eigenvalue weighted by atomic mass is 9.96. The van der Waals surface area contributed by atoms with Gasteiger partial charge in [0.15, 0.2) is 0 Å². The van der Waals surface area contributed by atoms with Gasteiger partial charge >= 0.3 is 0 Å². The second kappa shape index (κ2) is 9.27. The van der Waals surface area contributed by atoms with Gasteiger partial charge in [-0.3, -0.25) is 9.69 Å². The second-order valence-corrected chi connectivity index (χ2v) is 9.17. The van der Waals surface area contributed by atoms with Crippen molar-refractivity contribution in [2.75, 3.05) is 31.9 Å². The van der Waals surface area contributed by atoms with Crippen molar-refractivity contribution in [1.29, 1.82) is 0 Å². The van der Waals surface area contributed by atoms with Gasteiger partial charge in [0.25, 0.3) is 5.91 Å². The van der Waals surface area contributed by atoms with Crippen LogP contribution in [0, 0.1) is 5.82 Å². The lowest BCUT2D eigenvalue weighted by molar-refractivity contribution is 0.0567. The fourth-order valence-corrected chi connectivity index (χ4v) is 5.30. The van der Waals surface area contributed by atoms with E-state index < -0.39 is 5.82 Å². The van der Waals surface area contributed by atoms with Gasteiger partial charge in [0.05, 0.1) is 22.0 Å². The molecule has 1 aromatic carbocycles. The highest BCUT2D eigenvalue weighted by molar-refractivity contribution is 6.34. The number of carbonyl (C=O) groups is 1. The molecule has 0 aliphatic carbocycles. The first kappa shape index (κ1) is 22.7. The Morgan fingerprint density at radius 3 is 2.76 bits per heavy atom. The maximum absolute atomic E-state index is 15.4. The molecule has 0 radical (unpaired) electrons. The number of halogens is 2. The minimum Gasteiger partial charge on any atom is -0.384 e. The summed E-state index contributed by atoms with van der Waals surface area (Å²) in [7, 11) is 0. The molecule has 2 saturated heterocycles. The molecule has 176 valence electrons. The van der Waals surface area contributed by atoms with Gasteiger partial charge < -0.3 is 10.6 Å². The number of anilines is 1. The summed E-state index contributed by atoms with van der Waals surface area (Å²) in [6, 6.07) is 6.83. The van der Waals surface area contributed by atoms with Crippen molar-refractivity contribution >= 4 is 23.3 Å². The average molecular weight is 481 g/mol. The number of fused-ring (bicyclic) bond motifs is 1. The van der Waals surface area contributed by atoms with E-state index in [4.69, 9.17) is 17.3 Å². The Labute approximate surface area is 202 Å². The normalized spacial score (nSPS) is 18.2. The van der Waals surface area contributed by atoms with Gasteiger partial charge in [-0.25, -0.2) is 19.3 Å². The number of pyridine rings is 1. The third kappa shape index (κ3) is 4.12. The molecule has 5 rings (SSSR count). The van der Waals surface area contributed by atoms with E-state index >= 15 is 4.39 Å². The molecule has 4 heterocycles. The molecule has 34 heavy (non-hydrogen) atoms. The SMILES string of the molecule is CCc1ncnc(-c2cc(F)c(C(=O)N3CCN4CCC[C@H]4C3)c(Cl)c2)c1-c1ccc(N)nc1. The Balaban J connectivity index is 1.52. The first-order valence-corrected chi connectivity index (χ1v) is 11.9. The molecule has 0 saturated carbocycles. The van der Waals surface area contributed by atoms with Crippen LogP contribution in [0.25, 0.3) is 22.4 Å². The minimum absolute atomic E-state index is 0.0758.